The van der Waals surface area contributed by atoms with Crippen molar-refractivity contribution < 1.29 is 0 Å². The van der Waals surface area contributed by atoms with Crippen molar-refractivity contribution in [3.05, 3.63) is 48.6 Å². The summed E-state index contributed by atoms with van der Waals surface area (Å²) in [5, 5.41) is 0. The Bertz CT molecular complexity index is 248. The van der Waals surface area contributed by atoms with Crippen molar-refractivity contribution in [1.29, 1.82) is 0 Å². The van der Waals surface area contributed by atoms with E-state index in [4.69, 9.17) is 0 Å². The standard InChI is InChI=1S/C12H16/c1-4-12(3,5-2)11-9-7-6-8-10-11/h4,6-10H,1,5H2,2-3H3/t12-/m0/s1. The van der Waals surface area contributed by atoms with Gasteiger partial charge in [-0.25, -0.2) is 0 Å². The highest BCUT2D eigenvalue weighted by atomic mass is 14.2. The van der Waals surface area contributed by atoms with Gasteiger partial charge in [-0.3, -0.25) is 0 Å². The Morgan fingerprint density at radius 3 is 2.33 bits per heavy atom. The first-order valence-electron chi connectivity index (χ1n) is 4.42. The van der Waals surface area contributed by atoms with E-state index in [0.717, 1.165) is 6.42 Å². The van der Waals surface area contributed by atoms with E-state index in [1.807, 2.05) is 12.1 Å². The minimum absolute atomic E-state index is 0.140. The van der Waals surface area contributed by atoms with Crippen LogP contribution >= 0.6 is 0 Å². The molecule has 0 fully saturated rings. The van der Waals surface area contributed by atoms with E-state index in [9.17, 15) is 0 Å². The lowest BCUT2D eigenvalue weighted by Gasteiger charge is -2.24. The summed E-state index contributed by atoms with van der Waals surface area (Å²) in [5.74, 6) is 0. The first-order valence-corrected chi connectivity index (χ1v) is 4.42. The molecule has 1 aromatic carbocycles. The van der Waals surface area contributed by atoms with Gasteiger partial charge in [0.1, 0.15) is 0 Å². The van der Waals surface area contributed by atoms with Gasteiger partial charge in [-0.15, -0.1) is 6.58 Å². The van der Waals surface area contributed by atoms with E-state index in [1.54, 1.807) is 0 Å². The number of rotatable bonds is 3. The number of hydrogen-bond donors (Lipinski definition) is 0. The smallest absolute Gasteiger partial charge is 0.00983 e. The second-order valence-electron chi connectivity index (χ2n) is 3.34. The molecule has 0 aliphatic rings. The summed E-state index contributed by atoms with van der Waals surface area (Å²) in [5.41, 5.74) is 1.49. The Hall–Kier alpha value is -1.04. The minimum Gasteiger partial charge on any atom is -0.102 e. The molecule has 0 nitrogen and oxygen atoms in total. The zero-order valence-corrected chi connectivity index (χ0v) is 7.88. The molecule has 0 aliphatic heterocycles. The van der Waals surface area contributed by atoms with Gasteiger partial charge in [0.15, 0.2) is 0 Å². The van der Waals surface area contributed by atoms with Gasteiger partial charge in [0.25, 0.3) is 0 Å². The van der Waals surface area contributed by atoms with Crippen molar-refractivity contribution in [2.24, 2.45) is 0 Å². The lowest BCUT2D eigenvalue weighted by atomic mass is 9.80. The van der Waals surface area contributed by atoms with Gasteiger partial charge >= 0.3 is 0 Å². The molecule has 0 saturated carbocycles. The molecule has 1 aromatic rings. The number of benzene rings is 1. The normalized spacial score (nSPS) is 15.2. The summed E-state index contributed by atoms with van der Waals surface area (Å²) >= 11 is 0. The van der Waals surface area contributed by atoms with Crippen LogP contribution in [0.15, 0.2) is 43.0 Å². The lowest BCUT2D eigenvalue weighted by Crippen LogP contribution is -2.16. The zero-order chi connectivity index (χ0) is 9.03. The minimum atomic E-state index is 0.140. The van der Waals surface area contributed by atoms with Crippen molar-refractivity contribution in [3.63, 3.8) is 0 Å². The fraction of sp³-hybridized carbons (Fsp3) is 0.333. The van der Waals surface area contributed by atoms with Crippen LogP contribution < -0.4 is 0 Å². The van der Waals surface area contributed by atoms with Crippen molar-refractivity contribution in [2.75, 3.05) is 0 Å². The van der Waals surface area contributed by atoms with E-state index in [2.05, 4.69) is 44.7 Å². The zero-order valence-electron chi connectivity index (χ0n) is 7.88. The number of allylic oxidation sites excluding steroid dienone is 1. The highest BCUT2D eigenvalue weighted by molar-refractivity contribution is 5.28. The molecule has 0 radical (unpaired) electrons. The monoisotopic (exact) mass is 160 g/mol. The lowest BCUT2D eigenvalue weighted by molar-refractivity contribution is 0.574. The Kier molecular flexibility index (Phi) is 2.69. The average Bonchev–Trinajstić information content (AvgIpc) is 2.18. The second kappa shape index (κ2) is 3.57. The molecule has 0 heteroatoms. The molecule has 1 atom stereocenters. The summed E-state index contributed by atoms with van der Waals surface area (Å²) in [6.07, 6.45) is 3.13. The first-order chi connectivity index (χ1) is 5.73. The Morgan fingerprint density at radius 1 is 1.33 bits per heavy atom. The van der Waals surface area contributed by atoms with E-state index in [0.29, 0.717) is 0 Å². The van der Waals surface area contributed by atoms with Crippen LogP contribution in [0.2, 0.25) is 0 Å². The average molecular weight is 160 g/mol. The summed E-state index contributed by atoms with van der Waals surface area (Å²) < 4.78 is 0. The van der Waals surface area contributed by atoms with Gasteiger partial charge in [-0.2, -0.15) is 0 Å². The fourth-order valence-corrected chi connectivity index (χ4v) is 1.29. The summed E-state index contributed by atoms with van der Waals surface area (Å²) in [6.45, 7) is 8.29. The molecule has 12 heavy (non-hydrogen) atoms. The predicted molar refractivity (Wildman–Crippen MR) is 54.3 cm³/mol. The van der Waals surface area contributed by atoms with Gasteiger partial charge in [0, 0.05) is 5.41 Å². The van der Waals surface area contributed by atoms with Gasteiger partial charge in [0.05, 0.1) is 0 Å². The van der Waals surface area contributed by atoms with Crippen LogP contribution in [0.5, 0.6) is 0 Å². The fourth-order valence-electron chi connectivity index (χ4n) is 1.29. The van der Waals surface area contributed by atoms with Gasteiger partial charge < -0.3 is 0 Å². The van der Waals surface area contributed by atoms with Crippen LogP contribution in [0.3, 0.4) is 0 Å². The molecule has 0 heterocycles. The third-order valence-corrected chi connectivity index (χ3v) is 2.62. The molecule has 0 aromatic heterocycles. The van der Waals surface area contributed by atoms with Crippen LogP contribution in [0, 0.1) is 0 Å². The molecule has 0 bridgehead atoms. The summed E-state index contributed by atoms with van der Waals surface area (Å²) in [6, 6.07) is 10.5. The molecule has 0 saturated heterocycles. The molecular weight excluding hydrogens is 144 g/mol. The molecule has 0 unspecified atom stereocenters. The SMILES string of the molecule is C=C[C@@](C)(CC)c1ccccc1. The molecule has 64 valence electrons. The summed E-state index contributed by atoms with van der Waals surface area (Å²) in [7, 11) is 0. The first kappa shape index (κ1) is 9.05. The van der Waals surface area contributed by atoms with Gasteiger partial charge in [-0.05, 0) is 12.0 Å². The highest BCUT2D eigenvalue weighted by Crippen LogP contribution is 2.27. The third kappa shape index (κ3) is 1.58. The van der Waals surface area contributed by atoms with Crippen LogP contribution in [0.25, 0.3) is 0 Å². The van der Waals surface area contributed by atoms with Crippen molar-refractivity contribution in [1.82, 2.24) is 0 Å². The van der Waals surface area contributed by atoms with Crippen molar-refractivity contribution in [3.8, 4) is 0 Å². The third-order valence-electron chi connectivity index (χ3n) is 2.62. The van der Waals surface area contributed by atoms with E-state index >= 15 is 0 Å². The van der Waals surface area contributed by atoms with Crippen LogP contribution in [-0.2, 0) is 5.41 Å². The van der Waals surface area contributed by atoms with E-state index < -0.39 is 0 Å². The molecule has 0 aliphatic carbocycles. The van der Waals surface area contributed by atoms with E-state index in [-0.39, 0.29) is 5.41 Å². The number of hydrogen-bond acceptors (Lipinski definition) is 0. The quantitative estimate of drug-likeness (QED) is 0.593. The van der Waals surface area contributed by atoms with Crippen molar-refractivity contribution >= 4 is 0 Å². The maximum Gasteiger partial charge on any atom is 0.00983 e. The molecule has 1 rings (SSSR count). The Labute approximate surface area is 74.9 Å². The van der Waals surface area contributed by atoms with Crippen LogP contribution in [0.1, 0.15) is 25.8 Å². The molecule has 0 spiro atoms. The van der Waals surface area contributed by atoms with E-state index in [1.165, 1.54) is 5.56 Å². The van der Waals surface area contributed by atoms with Crippen LogP contribution in [-0.4, -0.2) is 0 Å². The largest absolute Gasteiger partial charge is 0.102 e. The van der Waals surface area contributed by atoms with Gasteiger partial charge in [0.2, 0.25) is 0 Å². The highest BCUT2D eigenvalue weighted by Gasteiger charge is 2.19. The second-order valence-corrected chi connectivity index (χ2v) is 3.34. The maximum atomic E-state index is 3.88. The Morgan fingerprint density at radius 2 is 1.92 bits per heavy atom. The molecule has 0 N–H and O–H groups in total. The van der Waals surface area contributed by atoms with Crippen LogP contribution in [0.4, 0.5) is 0 Å². The summed E-state index contributed by atoms with van der Waals surface area (Å²) in [4.78, 5) is 0. The molecular formula is C12H16. The maximum absolute atomic E-state index is 3.88. The van der Waals surface area contributed by atoms with Crippen molar-refractivity contribution in [2.45, 2.75) is 25.7 Å². The predicted octanol–water partition coefficient (Wildman–Crippen LogP) is 3.54. The topological polar surface area (TPSA) is 0 Å². The molecule has 0 amide bonds. The Balaban J connectivity index is 3.03. The van der Waals surface area contributed by atoms with Gasteiger partial charge in [-0.1, -0.05) is 50.3 Å².